The maximum Gasteiger partial charge on any atom is 0.335 e. The molecule has 5 heteroatoms. The van der Waals surface area contributed by atoms with Gasteiger partial charge in [0, 0.05) is 14.3 Å². The first-order valence-corrected chi connectivity index (χ1v) is 6.92. The van der Waals surface area contributed by atoms with Crippen LogP contribution in [0.2, 0.25) is 0 Å². The van der Waals surface area contributed by atoms with Crippen molar-refractivity contribution in [1.29, 1.82) is 5.26 Å². The van der Waals surface area contributed by atoms with Gasteiger partial charge in [0.2, 0.25) is 0 Å². The van der Waals surface area contributed by atoms with E-state index in [9.17, 15) is 4.79 Å². The Bertz CT molecular complexity index is 679. The Kier molecular flexibility index (Phi) is 4.25. The molecule has 0 bridgehead atoms. The fraction of sp³-hybridized carbons (Fsp3) is 0. The van der Waals surface area contributed by atoms with E-state index in [0.717, 1.165) is 14.3 Å². The van der Waals surface area contributed by atoms with E-state index in [4.69, 9.17) is 10.4 Å². The highest BCUT2D eigenvalue weighted by molar-refractivity contribution is 9.10. The zero-order chi connectivity index (χ0) is 13.8. The molecule has 2 aromatic rings. The summed E-state index contributed by atoms with van der Waals surface area (Å²) in [5, 5.41) is 18.1. The van der Waals surface area contributed by atoms with Gasteiger partial charge in [0.05, 0.1) is 11.1 Å². The molecule has 0 heterocycles. The first-order chi connectivity index (χ1) is 9.11. The zero-order valence-electron chi connectivity index (χ0n) is 9.63. The molecule has 0 radical (unpaired) electrons. The minimum absolute atomic E-state index is 0.235. The van der Waals surface area contributed by atoms with E-state index in [1.807, 2.05) is 18.2 Å². The summed E-state index contributed by atoms with van der Waals surface area (Å²) < 4.78 is 0.731. The smallest absolute Gasteiger partial charge is 0.335 e. The van der Waals surface area contributed by atoms with Crippen molar-refractivity contribution in [3.8, 4) is 6.07 Å². The van der Waals surface area contributed by atoms with Crippen molar-refractivity contribution >= 4 is 33.7 Å². The van der Waals surface area contributed by atoms with Crippen LogP contribution in [0.3, 0.4) is 0 Å². The van der Waals surface area contributed by atoms with Crippen molar-refractivity contribution in [3.05, 3.63) is 58.1 Å². The number of rotatable bonds is 3. The fourth-order valence-corrected chi connectivity index (χ4v) is 3.09. The molecule has 2 rings (SSSR count). The molecule has 2 aromatic carbocycles. The summed E-state index contributed by atoms with van der Waals surface area (Å²) in [5.41, 5.74) is 0.784. The Morgan fingerprint density at radius 2 is 2.00 bits per heavy atom. The molecule has 19 heavy (non-hydrogen) atoms. The van der Waals surface area contributed by atoms with Crippen LogP contribution in [-0.2, 0) is 0 Å². The number of aromatic carboxylic acids is 1. The van der Waals surface area contributed by atoms with Crippen LogP contribution in [0, 0.1) is 11.3 Å². The molecule has 0 aromatic heterocycles. The Balaban J connectivity index is 2.37. The molecule has 0 spiro atoms. The molecule has 0 unspecified atom stereocenters. The first kappa shape index (κ1) is 13.7. The lowest BCUT2D eigenvalue weighted by Crippen LogP contribution is -1.95. The third-order valence-electron chi connectivity index (χ3n) is 2.40. The van der Waals surface area contributed by atoms with Crippen LogP contribution >= 0.6 is 27.7 Å². The molecule has 94 valence electrons. The molecule has 0 amide bonds. The van der Waals surface area contributed by atoms with E-state index >= 15 is 0 Å². The van der Waals surface area contributed by atoms with E-state index in [0.29, 0.717) is 5.56 Å². The van der Waals surface area contributed by atoms with Gasteiger partial charge >= 0.3 is 5.97 Å². The van der Waals surface area contributed by atoms with Gasteiger partial charge in [0.1, 0.15) is 6.07 Å². The van der Waals surface area contributed by atoms with Gasteiger partial charge in [0.15, 0.2) is 0 Å². The second-order valence-corrected chi connectivity index (χ2v) is 5.63. The minimum atomic E-state index is -0.961. The van der Waals surface area contributed by atoms with Gasteiger partial charge in [0.25, 0.3) is 0 Å². The standard InChI is InChI=1S/C14H8BrNO2S/c15-12-5-2-6-13(11(12)8-16)19-10-4-1-3-9(7-10)14(17)18/h1-7H,(H,17,18). The number of hydrogen-bond acceptors (Lipinski definition) is 3. The third-order valence-corrected chi connectivity index (χ3v) is 4.11. The average Bonchev–Trinajstić information content (AvgIpc) is 2.39. The third kappa shape index (κ3) is 3.16. The Morgan fingerprint density at radius 3 is 2.68 bits per heavy atom. The van der Waals surface area contributed by atoms with E-state index in [-0.39, 0.29) is 5.56 Å². The van der Waals surface area contributed by atoms with E-state index in [2.05, 4.69) is 22.0 Å². The van der Waals surface area contributed by atoms with Crippen LogP contribution in [0.25, 0.3) is 0 Å². The number of halogens is 1. The zero-order valence-corrected chi connectivity index (χ0v) is 12.0. The largest absolute Gasteiger partial charge is 0.478 e. The van der Waals surface area contributed by atoms with Crippen LogP contribution in [-0.4, -0.2) is 11.1 Å². The lowest BCUT2D eigenvalue weighted by molar-refractivity contribution is 0.0696. The fourth-order valence-electron chi connectivity index (χ4n) is 1.52. The topological polar surface area (TPSA) is 61.1 Å². The molecule has 0 aliphatic heterocycles. The summed E-state index contributed by atoms with van der Waals surface area (Å²) in [5.74, 6) is -0.961. The highest BCUT2D eigenvalue weighted by Crippen LogP contribution is 2.33. The van der Waals surface area contributed by atoms with Crippen LogP contribution in [0.1, 0.15) is 15.9 Å². The summed E-state index contributed by atoms with van der Waals surface area (Å²) in [6.45, 7) is 0. The monoisotopic (exact) mass is 333 g/mol. The predicted octanol–water partition coefficient (Wildman–Crippen LogP) is 4.17. The Hall–Kier alpha value is -1.77. The molecular weight excluding hydrogens is 326 g/mol. The molecule has 0 saturated heterocycles. The predicted molar refractivity (Wildman–Crippen MR) is 76.4 cm³/mol. The van der Waals surface area contributed by atoms with Gasteiger partial charge in [-0.05, 0) is 46.3 Å². The van der Waals surface area contributed by atoms with Gasteiger partial charge in [-0.1, -0.05) is 23.9 Å². The van der Waals surface area contributed by atoms with Gasteiger partial charge in [-0.2, -0.15) is 5.26 Å². The van der Waals surface area contributed by atoms with Crippen molar-refractivity contribution in [2.75, 3.05) is 0 Å². The molecule has 0 atom stereocenters. The summed E-state index contributed by atoms with van der Waals surface area (Å²) in [6.07, 6.45) is 0. The minimum Gasteiger partial charge on any atom is -0.478 e. The Labute approximate surface area is 123 Å². The number of carboxylic acids is 1. The molecular formula is C14H8BrNO2S. The number of benzene rings is 2. The van der Waals surface area contributed by atoms with E-state index in [1.165, 1.54) is 11.8 Å². The van der Waals surface area contributed by atoms with E-state index in [1.54, 1.807) is 24.3 Å². The second kappa shape index (κ2) is 5.91. The van der Waals surface area contributed by atoms with Crippen LogP contribution < -0.4 is 0 Å². The van der Waals surface area contributed by atoms with Crippen molar-refractivity contribution in [2.24, 2.45) is 0 Å². The molecule has 3 nitrogen and oxygen atoms in total. The first-order valence-electron chi connectivity index (χ1n) is 5.31. The van der Waals surface area contributed by atoms with Crippen LogP contribution in [0.15, 0.2) is 56.7 Å². The Morgan fingerprint density at radius 1 is 1.26 bits per heavy atom. The van der Waals surface area contributed by atoms with Gasteiger partial charge in [-0.15, -0.1) is 0 Å². The lowest BCUT2D eigenvalue weighted by atomic mass is 10.2. The maximum atomic E-state index is 10.9. The van der Waals surface area contributed by atoms with Gasteiger partial charge in [-0.3, -0.25) is 0 Å². The molecule has 0 aliphatic rings. The number of carbonyl (C=O) groups is 1. The van der Waals surface area contributed by atoms with Crippen LogP contribution in [0.4, 0.5) is 0 Å². The molecule has 0 fully saturated rings. The van der Waals surface area contributed by atoms with Gasteiger partial charge in [-0.25, -0.2) is 4.79 Å². The van der Waals surface area contributed by atoms with Crippen LogP contribution in [0.5, 0.6) is 0 Å². The van der Waals surface area contributed by atoms with Crippen molar-refractivity contribution < 1.29 is 9.90 Å². The quantitative estimate of drug-likeness (QED) is 0.915. The van der Waals surface area contributed by atoms with Crippen molar-refractivity contribution in [1.82, 2.24) is 0 Å². The highest BCUT2D eigenvalue weighted by Gasteiger charge is 2.09. The molecule has 1 N–H and O–H groups in total. The maximum absolute atomic E-state index is 10.9. The summed E-state index contributed by atoms with van der Waals surface area (Å²) >= 11 is 4.70. The summed E-state index contributed by atoms with van der Waals surface area (Å²) in [6, 6.07) is 14.3. The lowest BCUT2D eigenvalue weighted by Gasteiger charge is -2.06. The summed E-state index contributed by atoms with van der Waals surface area (Å²) in [7, 11) is 0. The number of hydrogen-bond donors (Lipinski definition) is 1. The molecule has 0 aliphatic carbocycles. The SMILES string of the molecule is N#Cc1c(Br)cccc1Sc1cccc(C(=O)O)c1. The second-order valence-electron chi connectivity index (χ2n) is 3.66. The highest BCUT2D eigenvalue weighted by atomic mass is 79.9. The number of nitriles is 1. The molecule has 0 saturated carbocycles. The van der Waals surface area contributed by atoms with E-state index < -0.39 is 5.97 Å². The summed E-state index contributed by atoms with van der Waals surface area (Å²) in [4.78, 5) is 12.5. The van der Waals surface area contributed by atoms with Gasteiger partial charge < -0.3 is 5.11 Å². The average molecular weight is 334 g/mol. The van der Waals surface area contributed by atoms with Crippen molar-refractivity contribution in [3.63, 3.8) is 0 Å². The normalized spacial score (nSPS) is 9.89. The number of carboxylic acid groups (broad SMARTS) is 1. The van der Waals surface area contributed by atoms with Crippen molar-refractivity contribution in [2.45, 2.75) is 9.79 Å². The number of nitrogens with zero attached hydrogens (tertiary/aromatic N) is 1.